The fourth-order valence-electron chi connectivity index (χ4n) is 2.20. The van der Waals surface area contributed by atoms with Crippen LogP contribution < -0.4 is 14.8 Å². The Morgan fingerprint density at radius 1 is 1.14 bits per heavy atom. The molecule has 0 atom stereocenters. The third kappa shape index (κ3) is 5.16. The Balaban J connectivity index is 1.57. The first-order valence-corrected chi connectivity index (χ1v) is 8.94. The Morgan fingerprint density at radius 2 is 1.82 bits per heavy atom. The molecule has 0 aliphatic heterocycles. The van der Waals surface area contributed by atoms with Crippen LogP contribution in [0.5, 0.6) is 11.5 Å². The van der Waals surface area contributed by atoms with Gasteiger partial charge in [0.1, 0.15) is 11.5 Å². The van der Waals surface area contributed by atoms with Gasteiger partial charge >= 0.3 is 6.61 Å². The van der Waals surface area contributed by atoms with Gasteiger partial charge in [0.15, 0.2) is 0 Å². The molecule has 0 unspecified atom stereocenters. The van der Waals surface area contributed by atoms with E-state index in [2.05, 4.69) is 25.6 Å². The molecule has 0 spiro atoms. The molecule has 1 N–H and O–H groups in total. The maximum Gasteiger partial charge on any atom is 0.387 e. The van der Waals surface area contributed by atoms with Crippen molar-refractivity contribution in [3.8, 4) is 17.2 Å². The number of halogens is 2. The molecule has 3 aromatic rings. The second kappa shape index (κ2) is 9.13. The van der Waals surface area contributed by atoms with Crippen molar-refractivity contribution in [3.05, 3.63) is 48.5 Å². The van der Waals surface area contributed by atoms with Crippen LogP contribution >= 0.6 is 11.8 Å². The Bertz CT molecular complexity index is 919. The van der Waals surface area contributed by atoms with E-state index in [4.69, 9.17) is 4.74 Å². The molecule has 0 saturated carbocycles. The third-order valence-corrected chi connectivity index (χ3v) is 4.37. The number of ether oxygens (including phenoxy) is 2. The monoisotopic (exact) mass is 407 g/mol. The molecule has 8 nitrogen and oxygen atoms in total. The normalized spacial score (nSPS) is 10.7. The Hall–Kier alpha value is -3.21. The van der Waals surface area contributed by atoms with E-state index in [1.165, 1.54) is 28.9 Å². The summed E-state index contributed by atoms with van der Waals surface area (Å²) < 4.78 is 35.2. The molecule has 146 valence electrons. The number of nitrogens with one attached hydrogen (secondary N) is 1. The summed E-state index contributed by atoms with van der Waals surface area (Å²) in [6.07, 6.45) is 0. The third-order valence-electron chi connectivity index (χ3n) is 3.45. The number of tetrazole rings is 1. The van der Waals surface area contributed by atoms with E-state index >= 15 is 0 Å². The van der Waals surface area contributed by atoms with Gasteiger partial charge in [-0.1, -0.05) is 11.8 Å². The molecule has 1 aromatic heterocycles. The van der Waals surface area contributed by atoms with Crippen molar-refractivity contribution in [2.45, 2.75) is 11.8 Å². The van der Waals surface area contributed by atoms with Gasteiger partial charge in [0.2, 0.25) is 11.1 Å². The molecule has 0 saturated heterocycles. The van der Waals surface area contributed by atoms with Crippen LogP contribution in [0.25, 0.3) is 5.69 Å². The van der Waals surface area contributed by atoms with Gasteiger partial charge in [-0.05, 0) is 59.0 Å². The smallest absolute Gasteiger partial charge is 0.387 e. The highest BCUT2D eigenvalue weighted by Gasteiger charge is 2.12. The Kier molecular flexibility index (Phi) is 6.37. The largest absolute Gasteiger partial charge is 0.497 e. The second-order valence-electron chi connectivity index (χ2n) is 5.31. The molecular weight excluding hydrogens is 392 g/mol. The molecule has 0 bridgehead atoms. The Morgan fingerprint density at radius 3 is 2.46 bits per heavy atom. The number of nitrogens with zero attached hydrogens (tertiary/aromatic N) is 4. The molecule has 2 aromatic carbocycles. The van der Waals surface area contributed by atoms with Crippen LogP contribution in [-0.4, -0.2) is 45.6 Å². The van der Waals surface area contributed by atoms with E-state index in [9.17, 15) is 13.6 Å². The van der Waals surface area contributed by atoms with Crippen molar-refractivity contribution in [2.75, 3.05) is 18.2 Å². The Labute approximate surface area is 162 Å². The topological polar surface area (TPSA) is 91.2 Å². The molecule has 0 aliphatic rings. The van der Waals surface area contributed by atoms with E-state index < -0.39 is 6.61 Å². The number of rotatable bonds is 8. The summed E-state index contributed by atoms with van der Waals surface area (Å²) in [6, 6.07) is 12.8. The minimum atomic E-state index is -2.89. The van der Waals surface area contributed by atoms with Crippen molar-refractivity contribution < 1.29 is 23.0 Å². The summed E-state index contributed by atoms with van der Waals surface area (Å²) in [5, 5.41) is 14.6. The zero-order valence-corrected chi connectivity index (χ0v) is 15.4. The van der Waals surface area contributed by atoms with Crippen LogP contribution in [0.3, 0.4) is 0 Å². The number of anilines is 1. The zero-order chi connectivity index (χ0) is 19.9. The van der Waals surface area contributed by atoms with Crippen LogP contribution in [0.15, 0.2) is 53.7 Å². The van der Waals surface area contributed by atoms with Crippen molar-refractivity contribution in [1.82, 2.24) is 20.2 Å². The number of thioether (sulfide) groups is 1. The summed E-state index contributed by atoms with van der Waals surface area (Å²) >= 11 is 1.16. The van der Waals surface area contributed by atoms with Gasteiger partial charge in [0.25, 0.3) is 0 Å². The second-order valence-corrected chi connectivity index (χ2v) is 6.25. The quantitative estimate of drug-likeness (QED) is 0.574. The average molecular weight is 407 g/mol. The predicted octanol–water partition coefficient (Wildman–Crippen LogP) is 3.00. The minimum absolute atomic E-state index is 0.0149. The maximum atomic E-state index is 12.1. The molecule has 28 heavy (non-hydrogen) atoms. The molecule has 0 radical (unpaired) electrons. The lowest BCUT2D eigenvalue weighted by molar-refractivity contribution is -0.113. The molecular formula is C17H15F2N5O3S. The fraction of sp³-hybridized carbons (Fsp3) is 0.176. The number of amides is 1. The number of aromatic nitrogens is 4. The van der Waals surface area contributed by atoms with Gasteiger partial charge in [-0.3, -0.25) is 4.79 Å². The van der Waals surface area contributed by atoms with Crippen LogP contribution in [0, 0.1) is 0 Å². The summed E-state index contributed by atoms with van der Waals surface area (Å²) in [6.45, 7) is -2.89. The lowest BCUT2D eigenvalue weighted by Gasteiger charge is -2.08. The maximum absolute atomic E-state index is 12.1. The van der Waals surface area contributed by atoms with Crippen molar-refractivity contribution >= 4 is 23.4 Å². The van der Waals surface area contributed by atoms with Crippen LogP contribution in [0.2, 0.25) is 0 Å². The van der Waals surface area contributed by atoms with Crippen LogP contribution in [0.4, 0.5) is 14.5 Å². The van der Waals surface area contributed by atoms with Gasteiger partial charge in [-0.25, -0.2) is 0 Å². The summed E-state index contributed by atoms with van der Waals surface area (Å²) in [4.78, 5) is 12.1. The first kappa shape index (κ1) is 19.5. The standard InChI is InChI=1S/C17H15F2N5O3S/c1-26-13-8-4-12(5-9-13)24-17(21-22-23-24)28-10-15(25)20-11-2-6-14(7-3-11)27-16(18)19/h2-9,16H,10H2,1H3,(H,20,25). The first-order chi connectivity index (χ1) is 13.5. The highest BCUT2D eigenvalue weighted by Crippen LogP contribution is 2.21. The van der Waals surface area contributed by atoms with Gasteiger partial charge < -0.3 is 14.8 Å². The van der Waals surface area contributed by atoms with Gasteiger partial charge in [-0.15, -0.1) is 5.10 Å². The summed E-state index contributed by atoms with van der Waals surface area (Å²) in [5.74, 6) is 0.486. The first-order valence-electron chi connectivity index (χ1n) is 7.95. The number of hydrogen-bond donors (Lipinski definition) is 1. The molecule has 1 amide bonds. The number of benzene rings is 2. The van der Waals surface area contributed by atoms with Gasteiger partial charge in [-0.2, -0.15) is 13.5 Å². The summed E-state index contributed by atoms with van der Waals surface area (Å²) in [5.41, 5.74) is 1.19. The number of hydrogen-bond acceptors (Lipinski definition) is 7. The van der Waals surface area contributed by atoms with Crippen LogP contribution in [0.1, 0.15) is 0 Å². The number of methoxy groups -OCH3 is 1. The van der Waals surface area contributed by atoms with Gasteiger partial charge in [0.05, 0.1) is 18.6 Å². The molecule has 0 fully saturated rings. The highest BCUT2D eigenvalue weighted by atomic mass is 32.2. The zero-order valence-electron chi connectivity index (χ0n) is 14.6. The van der Waals surface area contributed by atoms with Crippen LogP contribution in [-0.2, 0) is 4.79 Å². The SMILES string of the molecule is COc1ccc(-n2nnnc2SCC(=O)Nc2ccc(OC(F)F)cc2)cc1. The summed E-state index contributed by atoms with van der Waals surface area (Å²) in [7, 11) is 1.57. The lowest BCUT2D eigenvalue weighted by atomic mass is 10.3. The molecule has 1 heterocycles. The number of carbonyl (C=O) groups is 1. The highest BCUT2D eigenvalue weighted by molar-refractivity contribution is 7.99. The molecule has 3 rings (SSSR count). The number of carbonyl (C=O) groups excluding carboxylic acids is 1. The molecule has 11 heteroatoms. The number of alkyl halides is 2. The van der Waals surface area contributed by atoms with Crippen molar-refractivity contribution in [1.29, 1.82) is 0 Å². The minimum Gasteiger partial charge on any atom is -0.497 e. The van der Waals surface area contributed by atoms with E-state index in [0.29, 0.717) is 16.6 Å². The van der Waals surface area contributed by atoms with E-state index in [1.54, 1.807) is 31.4 Å². The van der Waals surface area contributed by atoms with Crippen molar-refractivity contribution in [3.63, 3.8) is 0 Å². The average Bonchev–Trinajstić information content (AvgIpc) is 3.16. The van der Waals surface area contributed by atoms with E-state index in [0.717, 1.165) is 17.4 Å². The lowest BCUT2D eigenvalue weighted by Crippen LogP contribution is -2.14. The fourth-order valence-corrected chi connectivity index (χ4v) is 2.89. The van der Waals surface area contributed by atoms with Crippen molar-refractivity contribution in [2.24, 2.45) is 0 Å². The molecule has 0 aliphatic carbocycles. The predicted molar refractivity (Wildman–Crippen MR) is 98.1 cm³/mol. The van der Waals surface area contributed by atoms with Gasteiger partial charge in [0, 0.05) is 5.69 Å². The van der Waals surface area contributed by atoms with E-state index in [1.807, 2.05) is 0 Å². The van der Waals surface area contributed by atoms with E-state index in [-0.39, 0.29) is 17.4 Å².